The molecule has 0 spiro atoms. The van der Waals surface area contributed by atoms with E-state index >= 15 is 0 Å². The van der Waals surface area contributed by atoms with Gasteiger partial charge in [0.2, 0.25) is 15.9 Å². The Labute approximate surface area is 151 Å². The third kappa shape index (κ3) is 4.97. The first-order valence-electron chi connectivity index (χ1n) is 9.18. The lowest BCUT2D eigenvalue weighted by molar-refractivity contribution is -0.128. The molecule has 1 saturated carbocycles. The number of anilines is 1. The second kappa shape index (κ2) is 8.21. The number of nitrogens with one attached hydrogen (secondary N) is 2. The summed E-state index contributed by atoms with van der Waals surface area (Å²) in [5.74, 6) is 0.550. The van der Waals surface area contributed by atoms with Crippen molar-refractivity contribution in [3.8, 4) is 0 Å². The molecule has 2 rings (SSSR count). The van der Waals surface area contributed by atoms with Gasteiger partial charge in [0.25, 0.3) is 0 Å². The van der Waals surface area contributed by atoms with E-state index in [0.717, 1.165) is 37.7 Å². The Kier molecular flexibility index (Phi) is 6.49. The minimum atomic E-state index is -3.29. The van der Waals surface area contributed by atoms with Crippen LogP contribution in [0.1, 0.15) is 58.4 Å². The van der Waals surface area contributed by atoms with Crippen LogP contribution in [-0.2, 0) is 20.2 Å². The summed E-state index contributed by atoms with van der Waals surface area (Å²) in [4.78, 5) is 13.0. The number of sulfonamides is 1. The predicted octanol–water partition coefficient (Wildman–Crippen LogP) is 3.42. The molecular weight excluding hydrogens is 336 g/mol. The molecule has 0 atom stereocenters. The van der Waals surface area contributed by atoms with Gasteiger partial charge in [0.15, 0.2) is 0 Å². The van der Waals surface area contributed by atoms with E-state index in [1.54, 1.807) is 19.1 Å². The molecule has 140 valence electrons. The van der Waals surface area contributed by atoms with Gasteiger partial charge in [0, 0.05) is 12.2 Å². The molecular formula is C19H30N2O3S. The van der Waals surface area contributed by atoms with Gasteiger partial charge in [-0.25, -0.2) is 8.42 Å². The SMILES string of the molecule is CCS(=O)(=O)Nc1ccc(C2(C(=O)NCC(C)C)CCCCC2)cc1. The van der Waals surface area contributed by atoms with Crippen molar-refractivity contribution >= 4 is 21.6 Å². The van der Waals surface area contributed by atoms with Crippen molar-refractivity contribution in [3.63, 3.8) is 0 Å². The number of hydrogen-bond acceptors (Lipinski definition) is 3. The molecule has 0 aliphatic heterocycles. The number of amides is 1. The third-order valence-corrected chi connectivity index (χ3v) is 6.21. The van der Waals surface area contributed by atoms with Crippen molar-refractivity contribution in [2.75, 3.05) is 17.0 Å². The maximum Gasteiger partial charge on any atom is 0.232 e. The second-order valence-electron chi connectivity index (χ2n) is 7.33. The van der Waals surface area contributed by atoms with Crippen molar-refractivity contribution in [1.82, 2.24) is 5.32 Å². The Bertz CT molecular complexity index is 675. The normalized spacial score (nSPS) is 17.3. The van der Waals surface area contributed by atoms with Crippen molar-refractivity contribution < 1.29 is 13.2 Å². The monoisotopic (exact) mass is 366 g/mol. The molecule has 1 aliphatic carbocycles. The highest BCUT2D eigenvalue weighted by Gasteiger charge is 2.40. The van der Waals surface area contributed by atoms with Gasteiger partial charge < -0.3 is 5.32 Å². The summed E-state index contributed by atoms with van der Waals surface area (Å²) >= 11 is 0. The van der Waals surface area contributed by atoms with Crippen LogP contribution < -0.4 is 10.0 Å². The molecule has 0 unspecified atom stereocenters. The van der Waals surface area contributed by atoms with Gasteiger partial charge in [-0.2, -0.15) is 0 Å². The molecule has 0 saturated heterocycles. The molecule has 1 aromatic carbocycles. The molecule has 0 radical (unpaired) electrons. The van der Waals surface area contributed by atoms with E-state index in [1.165, 1.54) is 0 Å². The van der Waals surface area contributed by atoms with Gasteiger partial charge in [-0.1, -0.05) is 45.2 Å². The molecule has 0 bridgehead atoms. The highest BCUT2D eigenvalue weighted by atomic mass is 32.2. The maximum absolute atomic E-state index is 13.0. The first-order valence-corrected chi connectivity index (χ1v) is 10.8. The molecule has 0 heterocycles. The quantitative estimate of drug-likeness (QED) is 0.776. The van der Waals surface area contributed by atoms with Crippen LogP contribution in [0.4, 0.5) is 5.69 Å². The van der Waals surface area contributed by atoms with E-state index in [2.05, 4.69) is 23.9 Å². The summed E-state index contributed by atoms with van der Waals surface area (Å²) < 4.78 is 26.0. The topological polar surface area (TPSA) is 75.3 Å². The number of carbonyl (C=O) groups excluding carboxylic acids is 1. The summed E-state index contributed by atoms with van der Waals surface area (Å²) in [7, 11) is -3.29. The Morgan fingerprint density at radius 1 is 1.12 bits per heavy atom. The van der Waals surface area contributed by atoms with Crippen molar-refractivity contribution in [2.45, 2.75) is 58.3 Å². The van der Waals surface area contributed by atoms with E-state index < -0.39 is 15.4 Å². The molecule has 1 amide bonds. The Morgan fingerprint density at radius 3 is 2.24 bits per heavy atom. The van der Waals surface area contributed by atoms with Crippen LogP contribution in [0.3, 0.4) is 0 Å². The number of rotatable bonds is 7. The smallest absolute Gasteiger partial charge is 0.232 e. The van der Waals surface area contributed by atoms with E-state index in [0.29, 0.717) is 18.2 Å². The zero-order chi connectivity index (χ0) is 18.5. The summed E-state index contributed by atoms with van der Waals surface area (Å²) in [5, 5.41) is 3.10. The summed E-state index contributed by atoms with van der Waals surface area (Å²) in [6, 6.07) is 7.31. The fourth-order valence-electron chi connectivity index (χ4n) is 3.38. The first kappa shape index (κ1) is 19.8. The van der Waals surface area contributed by atoms with Crippen molar-refractivity contribution in [2.24, 2.45) is 5.92 Å². The van der Waals surface area contributed by atoms with Crippen LogP contribution in [0.15, 0.2) is 24.3 Å². The average molecular weight is 367 g/mol. The average Bonchev–Trinajstić information content (AvgIpc) is 2.60. The van der Waals surface area contributed by atoms with Crippen molar-refractivity contribution in [1.29, 1.82) is 0 Å². The minimum Gasteiger partial charge on any atom is -0.355 e. The van der Waals surface area contributed by atoms with Crippen LogP contribution in [0.25, 0.3) is 0 Å². The third-order valence-electron chi connectivity index (χ3n) is 4.90. The van der Waals surface area contributed by atoms with Crippen LogP contribution in [0.2, 0.25) is 0 Å². The van der Waals surface area contributed by atoms with Crippen molar-refractivity contribution in [3.05, 3.63) is 29.8 Å². The van der Waals surface area contributed by atoms with E-state index in [1.807, 2.05) is 12.1 Å². The van der Waals surface area contributed by atoms with Gasteiger partial charge in [-0.3, -0.25) is 9.52 Å². The second-order valence-corrected chi connectivity index (χ2v) is 9.34. The van der Waals surface area contributed by atoms with E-state index in [4.69, 9.17) is 0 Å². The van der Waals surface area contributed by atoms with Gasteiger partial charge >= 0.3 is 0 Å². The predicted molar refractivity (Wildman–Crippen MR) is 102 cm³/mol. The largest absolute Gasteiger partial charge is 0.355 e. The molecule has 1 fully saturated rings. The molecule has 0 aromatic heterocycles. The lowest BCUT2D eigenvalue weighted by Gasteiger charge is -2.36. The maximum atomic E-state index is 13.0. The lowest BCUT2D eigenvalue weighted by atomic mass is 9.68. The highest BCUT2D eigenvalue weighted by molar-refractivity contribution is 7.92. The zero-order valence-corrected chi connectivity index (χ0v) is 16.3. The summed E-state index contributed by atoms with van der Waals surface area (Å²) in [6.07, 6.45) is 4.93. The molecule has 1 aliphatic rings. The van der Waals surface area contributed by atoms with Crippen LogP contribution in [0.5, 0.6) is 0 Å². The number of benzene rings is 1. The van der Waals surface area contributed by atoms with Gasteiger partial charge in [-0.05, 0) is 43.4 Å². The van der Waals surface area contributed by atoms with E-state index in [9.17, 15) is 13.2 Å². The molecule has 6 heteroatoms. The van der Waals surface area contributed by atoms with Crippen LogP contribution >= 0.6 is 0 Å². The molecule has 1 aromatic rings. The fraction of sp³-hybridized carbons (Fsp3) is 0.632. The minimum absolute atomic E-state index is 0.0380. The standard InChI is InChI=1S/C19H30N2O3S/c1-4-25(23,24)21-17-10-8-16(9-11-17)19(12-6-5-7-13-19)18(22)20-14-15(2)3/h8-11,15,21H,4-7,12-14H2,1-3H3,(H,20,22). The van der Waals surface area contributed by atoms with E-state index in [-0.39, 0.29) is 11.7 Å². The summed E-state index contributed by atoms with van der Waals surface area (Å²) in [6.45, 7) is 6.45. The fourth-order valence-corrected chi connectivity index (χ4v) is 4.02. The Hall–Kier alpha value is -1.56. The van der Waals surface area contributed by atoms with Gasteiger partial charge in [0.1, 0.15) is 0 Å². The number of carbonyl (C=O) groups is 1. The van der Waals surface area contributed by atoms with Crippen LogP contribution in [0, 0.1) is 5.92 Å². The Balaban J connectivity index is 2.24. The zero-order valence-electron chi connectivity index (χ0n) is 15.5. The van der Waals surface area contributed by atoms with Gasteiger partial charge in [0.05, 0.1) is 11.2 Å². The van der Waals surface area contributed by atoms with Crippen LogP contribution in [-0.4, -0.2) is 26.6 Å². The number of hydrogen-bond donors (Lipinski definition) is 2. The molecule has 2 N–H and O–H groups in total. The first-order chi connectivity index (χ1) is 11.8. The Morgan fingerprint density at radius 2 is 1.72 bits per heavy atom. The molecule has 25 heavy (non-hydrogen) atoms. The lowest BCUT2D eigenvalue weighted by Crippen LogP contribution is -2.46. The highest BCUT2D eigenvalue weighted by Crippen LogP contribution is 2.40. The summed E-state index contributed by atoms with van der Waals surface area (Å²) in [5.41, 5.74) is 1.03. The molecule has 5 nitrogen and oxygen atoms in total. The van der Waals surface area contributed by atoms with Gasteiger partial charge in [-0.15, -0.1) is 0 Å².